The van der Waals surface area contributed by atoms with Crippen LogP contribution >= 0.6 is 0 Å². The first-order valence-electron chi connectivity index (χ1n) is 16.5. The molecule has 2 N–H and O–H groups in total. The van der Waals surface area contributed by atoms with Gasteiger partial charge in [0.25, 0.3) is 11.8 Å². The number of fused-ring (bicyclic) bond motifs is 1. The number of alkyl halides is 3. The second kappa shape index (κ2) is 14.8. The highest BCUT2D eigenvalue weighted by atomic mass is 19.4. The highest BCUT2D eigenvalue weighted by Gasteiger charge is 2.45. The van der Waals surface area contributed by atoms with E-state index >= 15 is 0 Å². The Kier molecular flexibility index (Phi) is 10.3. The summed E-state index contributed by atoms with van der Waals surface area (Å²) in [6.07, 6.45) is -2.34. The summed E-state index contributed by atoms with van der Waals surface area (Å²) in [7, 11) is 0. The van der Waals surface area contributed by atoms with Gasteiger partial charge in [0.05, 0.1) is 25.1 Å². The van der Waals surface area contributed by atoms with E-state index in [1.54, 1.807) is 29.9 Å². The van der Waals surface area contributed by atoms with Crippen molar-refractivity contribution in [1.82, 2.24) is 35.3 Å². The molecule has 0 bridgehead atoms. The van der Waals surface area contributed by atoms with E-state index in [9.17, 15) is 27.6 Å². The number of hydrogen-bond acceptors (Lipinski definition) is 8. The molecule has 2 aliphatic heterocycles. The van der Waals surface area contributed by atoms with Gasteiger partial charge in [-0.05, 0) is 43.2 Å². The molecule has 3 amide bonds. The molecule has 4 aromatic rings. The molecule has 2 aliphatic rings. The average molecular weight is 703 g/mol. The molecule has 4 heterocycles. The number of likely N-dealkylation sites (N-methyl/N-ethyl adjacent to an activating group) is 1. The molecule has 0 radical (unpaired) electrons. The molecule has 2 aromatic carbocycles. The standard InChI is InChI=1S/C36H37F3N8O4/c1-4-46-34-27(21-42-47(34)26-11-6-5-7-12-26)29(30(35(46)50)44-33(49)31-40-14-13-28(43-31)36(37,38)39)25-10-8-9-24(19-25)20-41-32(48)22(2)23(3)45-15-17-51-18-16-45/h5-14,19,21,23,29-30H,2,4,15-18,20H2,1,3H3,(H,41,48)(H,44,49)/t23?,29-,30-/m0/s1. The number of benzene rings is 2. The number of nitrogens with one attached hydrogen (secondary N) is 2. The number of ether oxygens (including phenoxy) is 1. The van der Waals surface area contributed by atoms with Crippen LogP contribution < -0.4 is 15.5 Å². The van der Waals surface area contributed by atoms with Crippen molar-refractivity contribution >= 4 is 23.5 Å². The Morgan fingerprint density at radius 1 is 1.08 bits per heavy atom. The molecular weight excluding hydrogens is 665 g/mol. The normalized spacial score (nSPS) is 18.5. The molecule has 15 heteroatoms. The van der Waals surface area contributed by atoms with Gasteiger partial charge in [0.15, 0.2) is 0 Å². The third kappa shape index (κ3) is 7.39. The third-order valence-electron chi connectivity index (χ3n) is 9.13. The lowest BCUT2D eigenvalue weighted by molar-refractivity contribution is -0.141. The van der Waals surface area contributed by atoms with Gasteiger partial charge in [0.2, 0.25) is 11.7 Å². The van der Waals surface area contributed by atoms with Crippen LogP contribution in [0.25, 0.3) is 5.69 Å². The second-order valence-corrected chi connectivity index (χ2v) is 12.2. The lowest BCUT2D eigenvalue weighted by Gasteiger charge is -2.38. The Morgan fingerprint density at radius 3 is 2.53 bits per heavy atom. The van der Waals surface area contributed by atoms with Gasteiger partial charge in [-0.1, -0.05) is 49.0 Å². The van der Waals surface area contributed by atoms with Crippen LogP contribution in [-0.2, 0) is 27.0 Å². The topological polar surface area (TPSA) is 135 Å². The number of rotatable bonds is 10. The van der Waals surface area contributed by atoms with Crippen molar-refractivity contribution in [2.75, 3.05) is 37.7 Å². The summed E-state index contributed by atoms with van der Waals surface area (Å²) < 4.78 is 47.3. The number of aromatic nitrogens is 4. The van der Waals surface area contributed by atoms with Gasteiger partial charge in [0, 0.05) is 55.5 Å². The molecule has 1 unspecified atom stereocenters. The highest BCUT2D eigenvalue weighted by molar-refractivity contribution is 6.04. The predicted octanol–water partition coefficient (Wildman–Crippen LogP) is 3.87. The summed E-state index contributed by atoms with van der Waals surface area (Å²) in [5, 5.41) is 10.2. The summed E-state index contributed by atoms with van der Waals surface area (Å²) in [5.74, 6) is -2.91. The maximum Gasteiger partial charge on any atom is 0.433 e. The lowest BCUT2D eigenvalue weighted by atomic mass is 9.82. The number of amides is 3. The van der Waals surface area contributed by atoms with Crippen LogP contribution in [0.1, 0.15) is 52.8 Å². The molecule has 2 aromatic heterocycles. The highest BCUT2D eigenvalue weighted by Crippen LogP contribution is 2.41. The number of carbonyl (C=O) groups excluding carboxylic acids is 3. The minimum Gasteiger partial charge on any atom is -0.379 e. The maximum atomic E-state index is 14.3. The minimum atomic E-state index is -4.80. The van der Waals surface area contributed by atoms with Crippen molar-refractivity contribution < 1.29 is 32.3 Å². The summed E-state index contributed by atoms with van der Waals surface area (Å²) in [6.45, 7) is 10.7. The van der Waals surface area contributed by atoms with Crippen molar-refractivity contribution in [3.8, 4) is 5.69 Å². The van der Waals surface area contributed by atoms with Crippen LogP contribution in [0.3, 0.4) is 0 Å². The van der Waals surface area contributed by atoms with Crippen molar-refractivity contribution in [3.63, 3.8) is 0 Å². The molecule has 0 saturated carbocycles. The smallest absolute Gasteiger partial charge is 0.379 e. The number of hydrogen-bond donors (Lipinski definition) is 2. The van der Waals surface area contributed by atoms with Gasteiger partial charge in [-0.2, -0.15) is 18.3 Å². The zero-order valence-corrected chi connectivity index (χ0v) is 28.1. The Balaban J connectivity index is 1.33. The van der Waals surface area contributed by atoms with Crippen molar-refractivity contribution in [3.05, 3.63) is 113 Å². The van der Waals surface area contributed by atoms with Crippen LogP contribution in [0.2, 0.25) is 0 Å². The van der Waals surface area contributed by atoms with Crippen LogP contribution in [0.5, 0.6) is 0 Å². The van der Waals surface area contributed by atoms with Crippen LogP contribution in [0.4, 0.5) is 19.0 Å². The first kappa shape index (κ1) is 35.4. The first-order valence-corrected chi connectivity index (χ1v) is 16.5. The minimum absolute atomic E-state index is 0.147. The first-order chi connectivity index (χ1) is 24.5. The zero-order chi connectivity index (χ0) is 36.3. The van der Waals surface area contributed by atoms with Crippen molar-refractivity contribution in [2.24, 2.45) is 0 Å². The molecule has 266 valence electrons. The molecular formula is C36H37F3N8O4. The summed E-state index contributed by atoms with van der Waals surface area (Å²) in [6, 6.07) is 15.6. The van der Waals surface area contributed by atoms with E-state index in [0.29, 0.717) is 66.1 Å². The Labute approximate surface area is 292 Å². The molecule has 12 nitrogen and oxygen atoms in total. The van der Waals surface area contributed by atoms with Gasteiger partial charge < -0.3 is 15.4 Å². The fraction of sp³-hybridized carbons (Fsp3) is 0.333. The summed E-state index contributed by atoms with van der Waals surface area (Å²) >= 11 is 0. The zero-order valence-electron chi connectivity index (χ0n) is 28.1. The van der Waals surface area contributed by atoms with Gasteiger partial charge in [-0.3, -0.25) is 24.2 Å². The SMILES string of the molecule is C=C(C(=O)NCc1cccc([C@H]2c3cnn(-c4ccccc4)c3N(CC)C(=O)[C@H]2NC(=O)c2nccc(C(F)(F)F)n2)c1)C(C)N1CCOCC1. The molecule has 1 saturated heterocycles. The molecule has 0 spiro atoms. The van der Waals surface area contributed by atoms with E-state index in [2.05, 4.69) is 37.2 Å². The van der Waals surface area contributed by atoms with E-state index in [-0.39, 0.29) is 25.0 Å². The number of halogens is 3. The van der Waals surface area contributed by atoms with Gasteiger partial charge in [-0.15, -0.1) is 0 Å². The van der Waals surface area contributed by atoms with E-state index in [1.807, 2.05) is 49.4 Å². The number of carbonyl (C=O) groups is 3. The number of para-hydroxylation sites is 1. The number of anilines is 1. The van der Waals surface area contributed by atoms with Crippen molar-refractivity contribution in [2.45, 2.75) is 44.6 Å². The molecule has 1 fully saturated rings. The molecule has 51 heavy (non-hydrogen) atoms. The predicted molar refractivity (Wildman–Crippen MR) is 181 cm³/mol. The number of morpholine rings is 1. The Bertz CT molecular complexity index is 1930. The lowest BCUT2D eigenvalue weighted by Crippen LogP contribution is -2.55. The number of nitrogens with zero attached hydrogens (tertiary/aromatic N) is 6. The van der Waals surface area contributed by atoms with Crippen molar-refractivity contribution in [1.29, 1.82) is 0 Å². The Morgan fingerprint density at radius 2 is 1.82 bits per heavy atom. The van der Waals surface area contributed by atoms with Gasteiger partial charge in [0.1, 0.15) is 17.6 Å². The van der Waals surface area contributed by atoms with Crippen LogP contribution in [0, 0.1) is 0 Å². The summed E-state index contributed by atoms with van der Waals surface area (Å²) in [5.41, 5.74) is 1.75. The quantitative estimate of drug-likeness (QED) is 0.238. The fourth-order valence-electron chi connectivity index (χ4n) is 6.42. The van der Waals surface area contributed by atoms with E-state index in [1.165, 1.54) is 4.90 Å². The van der Waals surface area contributed by atoms with Crippen LogP contribution in [0.15, 0.2) is 85.2 Å². The fourth-order valence-corrected chi connectivity index (χ4v) is 6.42. The van der Waals surface area contributed by atoms with E-state index in [0.717, 1.165) is 6.20 Å². The van der Waals surface area contributed by atoms with E-state index in [4.69, 9.17) is 4.74 Å². The monoisotopic (exact) mass is 702 g/mol. The summed E-state index contributed by atoms with van der Waals surface area (Å²) in [4.78, 5) is 51.7. The average Bonchev–Trinajstić information content (AvgIpc) is 3.58. The second-order valence-electron chi connectivity index (χ2n) is 12.2. The third-order valence-corrected chi connectivity index (χ3v) is 9.13. The van der Waals surface area contributed by atoms with Gasteiger partial charge >= 0.3 is 6.18 Å². The largest absolute Gasteiger partial charge is 0.433 e. The molecule has 0 aliphatic carbocycles. The van der Waals surface area contributed by atoms with E-state index < -0.39 is 41.5 Å². The van der Waals surface area contributed by atoms with Gasteiger partial charge in [-0.25, -0.2) is 14.6 Å². The molecule has 6 rings (SSSR count). The van der Waals surface area contributed by atoms with Crippen LogP contribution in [-0.4, -0.2) is 87.3 Å². The Hall–Kier alpha value is -5.41. The maximum absolute atomic E-state index is 14.3. The molecule has 3 atom stereocenters.